The first-order valence-corrected chi connectivity index (χ1v) is 16.9. The molecular weight excluding hydrogens is 632 g/mol. The van der Waals surface area contributed by atoms with Crippen molar-refractivity contribution >= 4 is 28.4 Å². The second-order valence-electron chi connectivity index (χ2n) is 13.5. The van der Waals surface area contributed by atoms with Crippen LogP contribution in [0.4, 0.5) is 14.5 Å². The van der Waals surface area contributed by atoms with Gasteiger partial charge in [-0.2, -0.15) is 5.10 Å². The van der Waals surface area contributed by atoms with Crippen molar-refractivity contribution < 1.29 is 23.1 Å². The third kappa shape index (κ3) is 6.69. The number of anilines is 1. The topological polar surface area (TPSA) is 125 Å². The van der Waals surface area contributed by atoms with Crippen LogP contribution in [0.2, 0.25) is 0 Å². The van der Waals surface area contributed by atoms with E-state index >= 15 is 8.78 Å². The highest BCUT2D eigenvalue weighted by Crippen LogP contribution is 2.36. The van der Waals surface area contributed by atoms with Gasteiger partial charge in [-0.05, 0) is 99.6 Å². The van der Waals surface area contributed by atoms with Gasteiger partial charge < -0.3 is 19.5 Å². The molecule has 0 radical (unpaired) electrons. The molecule has 0 bridgehead atoms. The van der Waals surface area contributed by atoms with Crippen molar-refractivity contribution in [1.29, 1.82) is 0 Å². The number of H-pyrrole nitrogens is 1. The number of ether oxygens (including phenoxy) is 1. The van der Waals surface area contributed by atoms with Gasteiger partial charge in [-0.25, -0.2) is 8.78 Å². The summed E-state index contributed by atoms with van der Waals surface area (Å²) in [5.74, 6) is -0.686. The quantitative estimate of drug-likeness (QED) is 0.237. The minimum absolute atomic E-state index is 0.129. The Morgan fingerprint density at radius 2 is 1.76 bits per heavy atom. The summed E-state index contributed by atoms with van der Waals surface area (Å²) in [7, 11) is 3.20. The number of nitrogens with one attached hydrogen (secondary N) is 3. The van der Waals surface area contributed by atoms with Crippen LogP contribution in [-0.4, -0.2) is 81.8 Å². The fourth-order valence-electron chi connectivity index (χ4n) is 7.71. The highest BCUT2D eigenvalue weighted by molar-refractivity contribution is 6.01. The zero-order valence-corrected chi connectivity index (χ0v) is 27.7. The van der Waals surface area contributed by atoms with Crippen molar-refractivity contribution in [2.75, 3.05) is 38.6 Å². The van der Waals surface area contributed by atoms with Gasteiger partial charge >= 0.3 is 0 Å². The maximum Gasteiger partial charge on any atom is 0.276 e. The number of aromatic amines is 1. The van der Waals surface area contributed by atoms with E-state index in [2.05, 4.69) is 30.6 Å². The number of benzene rings is 2. The Balaban J connectivity index is 0.934. The van der Waals surface area contributed by atoms with Crippen LogP contribution in [-0.2, 0) is 23.2 Å². The molecule has 4 aromatic rings. The lowest BCUT2D eigenvalue weighted by Crippen LogP contribution is -2.47. The van der Waals surface area contributed by atoms with E-state index in [1.54, 1.807) is 26.6 Å². The minimum Gasteiger partial charge on any atom is -0.496 e. The number of pyridine rings is 1. The Labute approximate surface area is 282 Å². The van der Waals surface area contributed by atoms with Crippen LogP contribution in [0.15, 0.2) is 47.5 Å². The highest BCUT2D eigenvalue weighted by atomic mass is 19.1. The summed E-state index contributed by atoms with van der Waals surface area (Å²) in [4.78, 5) is 40.8. The minimum atomic E-state index is -0.549. The summed E-state index contributed by atoms with van der Waals surface area (Å²) in [5, 5.41) is 12.8. The second kappa shape index (κ2) is 13.7. The Bertz CT molecular complexity index is 1940. The first kappa shape index (κ1) is 32.9. The molecule has 3 aliphatic heterocycles. The molecule has 0 spiro atoms. The Morgan fingerprint density at radius 3 is 2.47 bits per heavy atom. The van der Waals surface area contributed by atoms with E-state index in [9.17, 15) is 14.4 Å². The van der Waals surface area contributed by atoms with E-state index in [-0.39, 0.29) is 41.3 Å². The van der Waals surface area contributed by atoms with E-state index < -0.39 is 6.04 Å². The third-order valence-electron chi connectivity index (χ3n) is 10.5. The van der Waals surface area contributed by atoms with Crippen molar-refractivity contribution in [1.82, 2.24) is 29.9 Å². The van der Waals surface area contributed by atoms with Crippen molar-refractivity contribution in [3.8, 4) is 16.9 Å². The molecule has 3 N–H and O–H groups in total. The molecule has 2 aromatic heterocycles. The number of fused-ring (bicyclic) bond motifs is 1. The van der Waals surface area contributed by atoms with Gasteiger partial charge in [0.25, 0.3) is 5.56 Å². The normalized spacial score (nSPS) is 20.1. The monoisotopic (exact) mass is 673 g/mol. The molecule has 0 saturated carbocycles. The summed E-state index contributed by atoms with van der Waals surface area (Å²) in [6.45, 7) is 3.89. The van der Waals surface area contributed by atoms with Gasteiger partial charge in [-0.3, -0.25) is 29.7 Å². The summed E-state index contributed by atoms with van der Waals surface area (Å²) in [5.41, 5.74) is 3.23. The van der Waals surface area contributed by atoms with E-state index in [0.29, 0.717) is 63.6 Å². The largest absolute Gasteiger partial charge is 0.496 e. The standard InChI is InChI=1S/C36H41F2N7O4/c1-43-19-27(26-18-39-42-34(26)36(43)48)22-15-29(37)28(32(16-22)49-2)20-44-11-9-24(10-12-44)45-13-7-21(8-14-45)25-4-3-23(17-30(25)38)40-31-5-6-33(46)41-35(31)47/h3-4,15-19,21,24,31,40H,5-14,20H2,1-2H3,(H,39,42)(H,41,46,47). The maximum atomic E-state index is 15.7. The molecule has 5 heterocycles. The van der Waals surface area contributed by atoms with Crippen LogP contribution in [0.5, 0.6) is 5.75 Å². The van der Waals surface area contributed by atoms with Crippen molar-refractivity contribution in [2.45, 2.75) is 63.1 Å². The fourth-order valence-corrected chi connectivity index (χ4v) is 7.71. The molecule has 0 aliphatic carbocycles. The second-order valence-corrected chi connectivity index (χ2v) is 13.5. The van der Waals surface area contributed by atoms with E-state index in [0.717, 1.165) is 51.9 Å². The van der Waals surface area contributed by atoms with Crippen LogP contribution >= 0.6 is 0 Å². The predicted octanol–water partition coefficient (Wildman–Crippen LogP) is 4.28. The molecule has 7 rings (SSSR count). The van der Waals surface area contributed by atoms with Crippen LogP contribution in [0, 0.1) is 11.6 Å². The lowest BCUT2D eigenvalue weighted by Gasteiger charge is -2.42. The maximum absolute atomic E-state index is 15.7. The average Bonchev–Trinajstić information content (AvgIpc) is 3.60. The van der Waals surface area contributed by atoms with E-state index in [4.69, 9.17) is 4.74 Å². The van der Waals surface area contributed by atoms with Crippen LogP contribution in [0.25, 0.3) is 22.0 Å². The molecule has 11 nitrogen and oxygen atoms in total. The summed E-state index contributed by atoms with van der Waals surface area (Å²) in [6.07, 6.45) is 7.60. The Kier molecular flexibility index (Phi) is 9.21. The van der Waals surface area contributed by atoms with Crippen LogP contribution < -0.4 is 20.9 Å². The Morgan fingerprint density at radius 1 is 0.980 bits per heavy atom. The van der Waals surface area contributed by atoms with E-state index in [1.165, 1.54) is 16.7 Å². The zero-order chi connectivity index (χ0) is 34.2. The van der Waals surface area contributed by atoms with Gasteiger partial charge in [0.05, 0.1) is 13.3 Å². The molecular formula is C36H41F2N7O4. The number of rotatable bonds is 8. The number of amides is 2. The number of hydrogen-bond donors (Lipinski definition) is 3. The molecule has 258 valence electrons. The first-order valence-electron chi connectivity index (χ1n) is 16.9. The number of aromatic nitrogens is 3. The molecule has 1 unspecified atom stereocenters. The number of carbonyl (C=O) groups excluding carboxylic acids is 2. The van der Waals surface area contributed by atoms with Crippen molar-refractivity contribution in [3.63, 3.8) is 0 Å². The van der Waals surface area contributed by atoms with Gasteiger partial charge in [-0.1, -0.05) is 6.07 Å². The number of aryl methyl sites for hydroxylation is 1. The highest BCUT2D eigenvalue weighted by Gasteiger charge is 2.31. The molecule has 49 heavy (non-hydrogen) atoms. The lowest BCUT2D eigenvalue weighted by atomic mass is 9.87. The number of hydrogen-bond acceptors (Lipinski definition) is 8. The number of imide groups is 1. The summed E-state index contributed by atoms with van der Waals surface area (Å²) >= 11 is 0. The third-order valence-corrected chi connectivity index (χ3v) is 10.5. The average molecular weight is 674 g/mol. The number of methoxy groups -OCH3 is 1. The van der Waals surface area contributed by atoms with Crippen molar-refractivity contribution in [3.05, 3.63) is 75.8 Å². The Hall–Kier alpha value is -4.62. The van der Waals surface area contributed by atoms with Gasteiger partial charge in [0.2, 0.25) is 11.8 Å². The van der Waals surface area contributed by atoms with Crippen LogP contribution in [0.1, 0.15) is 55.6 Å². The smallest absolute Gasteiger partial charge is 0.276 e. The van der Waals surface area contributed by atoms with Crippen LogP contribution in [0.3, 0.4) is 0 Å². The molecule has 2 amide bonds. The van der Waals surface area contributed by atoms with Gasteiger partial charge in [0.1, 0.15) is 28.9 Å². The summed E-state index contributed by atoms with van der Waals surface area (Å²) < 4.78 is 38.1. The number of piperidine rings is 3. The molecule has 3 saturated heterocycles. The molecule has 2 aromatic carbocycles. The molecule has 3 aliphatic rings. The lowest BCUT2D eigenvalue weighted by molar-refractivity contribution is -0.133. The number of carbonyl (C=O) groups is 2. The molecule has 3 fully saturated rings. The van der Waals surface area contributed by atoms with Gasteiger partial charge in [0, 0.05) is 54.5 Å². The number of nitrogens with zero attached hydrogens (tertiary/aromatic N) is 4. The SMILES string of the molecule is COc1cc(-c2cn(C)c(=O)c3[nH]ncc23)cc(F)c1CN1CCC(N2CCC(c3ccc(NC4CCC(=O)NC4=O)cc3F)CC2)CC1. The fraction of sp³-hybridized carbons (Fsp3) is 0.444. The predicted molar refractivity (Wildman–Crippen MR) is 181 cm³/mol. The number of halogens is 2. The van der Waals surface area contributed by atoms with Gasteiger partial charge in [-0.15, -0.1) is 0 Å². The first-order chi connectivity index (χ1) is 23.7. The molecule has 1 atom stereocenters. The number of likely N-dealkylation sites (tertiary alicyclic amines) is 2. The molecule has 13 heteroatoms. The summed E-state index contributed by atoms with van der Waals surface area (Å²) in [6, 6.07) is 8.31. The van der Waals surface area contributed by atoms with Gasteiger partial charge in [0.15, 0.2) is 0 Å². The van der Waals surface area contributed by atoms with Crippen molar-refractivity contribution in [2.24, 2.45) is 7.05 Å². The van der Waals surface area contributed by atoms with E-state index in [1.807, 2.05) is 18.2 Å². The zero-order valence-electron chi connectivity index (χ0n) is 27.7.